The summed E-state index contributed by atoms with van der Waals surface area (Å²) in [5.41, 5.74) is 0. The minimum Gasteiger partial charge on any atom is -0.314 e. The fourth-order valence-electron chi connectivity index (χ4n) is 1.62. The Balaban J connectivity index is 1.44. The number of hydrogen-bond acceptors (Lipinski definition) is 2. The molecular formula is C10H20N2. The Hall–Kier alpha value is -0.0800. The molecule has 12 heavy (non-hydrogen) atoms. The molecule has 0 aliphatic heterocycles. The number of nitrogens with zero attached hydrogens (tertiary/aromatic N) is 1. The standard InChI is InChI=1S/C10H20N2/c1-12(10-5-6-10)8-2-7-11-9-3-4-9/h9-11H,2-8H2,1H3. The SMILES string of the molecule is CN(CCCNC1CC1)C1CC1. The minimum atomic E-state index is 0.885. The van der Waals surface area contributed by atoms with E-state index >= 15 is 0 Å². The Morgan fingerprint density at radius 1 is 1.25 bits per heavy atom. The van der Waals surface area contributed by atoms with Crippen LogP contribution >= 0.6 is 0 Å². The summed E-state index contributed by atoms with van der Waals surface area (Å²) in [5.74, 6) is 0. The molecule has 0 aromatic rings. The first-order valence-electron chi connectivity index (χ1n) is 5.30. The van der Waals surface area contributed by atoms with Crippen LogP contribution in [0.3, 0.4) is 0 Å². The molecule has 0 amide bonds. The lowest BCUT2D eigenvalue weighted by Gasteiger charge is -2.15. The first-order valence-corrected chi connectivity index (χ1v) is 5.30. The molecule has 2 aliphatic carbocycles. The van der Waals surface area contributed by atoms with Gasteiger partial charge in [-0.3, -0.25) is 0 Å². The summed E-state index contributed by atoms with van der Waals surface area (Å²) in [4.78, 5) is 2.51. The van der Waals surface area contributed by atoms with Crippen molar-refractivity contribution in [2.75, 3.05) is 20.1 Å². The van der Waals surface area contributed by atoms with Crippen molar-refractivity contribution in [2.24, 2.45) is 0 Å². The summed E-state index contributed by atoms with van der Waals surface area (Å²) in [6, 6.07) is 1.82. The molecule has 0 unspecified atom stereocenters. The third-order valence-electron chi connectivity index (χ3n) is 2.87. The highest BCUT2D eigenvalue weighted by molar-refractivity contribution is 4.83. The summed E-state index contributed by atoms with van der Waals surface area (Å²) in [7, 11) is 2.26. The highest BCUT2D eigenvalue weighted by Gasteiger charge is 2.25. The lowest BCUT2D eigenvalue weighted by atomic mass is 10.4. The van der Waals surface area contributed by atoms with Gasteiger partial charge in [-0.15, -0.1) is 0 Å². The van der Waals surface area contributed by atoms with E-state index in [-0.39, 0.29) is 0 Å². The maximum atomic E-state index is 3.54. The largest absolute Gasteiger partial charge is 0.314 e. The number of rotatable bonds is 6. The highest BCUT2D eigenvalue weighted by atomic mass is 15.1. The second-order valence-electron chi connectivity index (χ2n) is 4.29. The van der Waals surface area contributed by atoms with Crippen LogP contribution in [-0.4, -0.2) is 37.1 Å². The topological polar surface area (TPSA) is 15.3 Å². The van der Waals surface area contributed by atoms with Crippen LogP contribution in [0.2, 0.25) is 0 Å². The Kier molecular flexibility index (Phi) is 2.66. The molecule has 2 nitrogen and oxygen atoms in total. The molecule has 2 fully saturated rings. The normalized spacial score (nSPS) is 23.5. The molecule has 2 saturated carbocycles. The molecule has 0 atom stereocenters. The first kappa shape index (κ1) is 8.52. The minimum absolute atomic E-state index is 0.885. The van der Waals surface area contributed by atoms with Gasteiger partial charge in [0.05, 0.1) is 0 Å². The Morgan fingerprint density at radius 2 is 2.00 bits per heavy atom. The van der Waals surface area contributed by atoms with E-state index < -0.39 is 0 Å². The van der Waals surface area contributed by atoms with Crippen molar-refractivity contribution in [2.45, 2.75) is 44.2 Å². The molecule has 2 heteroatoms. The summed E-state index contributed by atoms with van der Waals surface area (Å²) < 4.78 is 0. The zero-order valence-electron chi connectivity index (χ0n) is 8.05. The third kappa shape index (κ3) is 2.76. The quantitative estimate of drug-likeness (QED) is 0.600. The van der Waals surface area contributed by atoms with Crippen LogP contribution in [0, 0.1) is 0 Å². The van der Waals surface area contributed by atoms with Gasteiger partial charge in [0.1, 0.15) is 0 Å². The first-order chi connectivity index (χ1) is 5.86. The molecule has 0 aromatic heterocycles. The van der Waals surface area contributed by atoms with Gasteiger partial charge in [0, 0.05) is 12.1 Å². The Labute approximate surface area is 75.3 Å². The second-order valence-corrected chi connectivity index (χ2v) is 4.29. The van der Waals surface area contributed by atoms with E-state index in [1.54, 1.807) is 0 Å². The van der Waals surface area contributed by atoms with Crippen molar-refractivity contribution >= 4 is 0 Å². The Morgan fingerprint density at radius 3 is 2.58 bits per heavy atom. The second kappa shape index (κ2) is 3.75. The van der Waals surface area contributed by atoms with Gasteiger partial charge in [-0.2, -0.15) is 0 Å². The van der Waals surface area contributed by atoms with E-state index in [9.17, 15) is 0 Å². The van der Waals surface area contributed by atoms with Crippen molar-refractivity contribution in [3.05, 3.63) is 0 Å². The number of nitrogens with one attached hydrogen (secondary N) is 1. The molecule has 1 N–H and O–H groups in total. The average Bonchev–Trinajstić information content (AvgIpc) is 2.85. The summed E-state index contributed by atoms with van der Waals surface area (Å²) >= 11 is 0. The van der Waals surface area contributed by atoms with Crippen LogP contribution in [0.25, 0.3) is 0 Å². The van der Waals surface area contributed by atoms with Crippen molar-refractivity contribution in [3.8, 4) is 0 Å². The van der Waals surface area contributed by atoms with Gasteiger partial charge in [-0.05, 0) is 52.2 Å². The maximum absolute atomic E-state index is 3.54. The fraction of sp³-hybridized carbons (Fsp3) is 1.00. The van der Waals surface area contributed by atoms with Crippen LogP contribution in [0.5, 0.6) is 0 Å². The van der Waals surface area contributed by atoms with E-state index in [0.717, 1.165) is 12.1 Å². The number of hydrogen-bond donors (Lipinski definition) is 1. The molecule has 2 rings (SSSR count). The van der Waals surface area contributed by atoms with Gasteiger partial charge in [0.2, 0.25) is 0 Å². The van der Waals surface area contributed by atoms with E-state index in [1.807, 2.05) is 0 Å². The summed E-state index contributed by atoms with van der Waals surface area (Å²) in [5, 5.41) is 3.54. The van der Waals surface area contributed by atoms with Gasteiger partial charge >= 0.3 is 0 Å². The predicted molar refractivity (Wildman–Crippen MR) is 51.3 cm³/mol. The van der Waals surface area contributed by atoms with E-state index in [1.165, 1.54) is 45.2 Å². The Bertz CT molecular complexity index is 139. The van der Waals surface area contributed by atoms with E-state index in [4.69, 9.17) is 0 Å². The summed E-state index contributed by atoms with van der Waals surface area (Å²) in [6.07, 6.45) is 7.03. The van der Waals surface area contributed by atoms with E-state index in [0.29, 0.717) is 0 Å². The molecule has 0 saturated heterocycles. The van der Waals surface area contributed by atoms with Gasteiger partial charge in [0.25, 0.3) is 0 Å². The maximum Gasteiger partial charge on any atom is 0.00933 e. The molecule has 0 spiro atoms. The molecule has 0 heterocycles. The van der Waals surface area contributed by atoms with Crippen molar-refractivity contribution in [1.29, 1.82) is 0 Å². The van der Waals surface area contributed by atoms with Gasteiger partial charge < -0.3 is 10.2 Å². The van der Waals surface area contributed by atoms with Crippen LogP contribution in [0.1, 0.15) is 32.1 Å². The third-order valence-corrected chi connectivity index (χ3v) is 2.87. The van der Waals surface area contributed by atoms with Gasteiger partial charge in [0.15, 0.2) is 0 Å². The zero-order valence-corrected chi connectivity index (χ0v) is 8.05. The van der Waals surface area contributed by atoms with Crippen LogP contribution in [0.4, 0.5) is 0 Å². The molecule has 0 radical (unpaired) electrons. The molecule has 70 valence electrons. The molecule has 2 aliphatic rings. The van der Waals surface area contributed by atoms with Gasteiger partial charge in [-0.25, -0.2) is 0 Å². The summed E-state index contributed by atoms with van der Waals surface area (Å²) in [6.45, 7) is 2.51. The van der Waals surface area contributed by atoms with Crippen molar-refractivity contribution in [1.82, 2.24) is 10.2 Å². The molecular weight excluding hydrogens is 148 g/mol. The van der Waals surface area contributed by atoms with Crippen LogP contribution < -0.4 is 5.32 Å². The lowest BCUT2D eigenvalue weighted by Crippen LogP contribution is -2.26. The molecule has 0 bridgehead atoms. The van der Waals surface area contributed by atoms with E-state index in [2.05, 4.69) is 17.3 Å². The average molecular weight is 168 g/mol. The van der Waals surface area contributed by atoms with Crippen molar-refractivity contribution < 1.29 is 0 Å². The fourth-order valence-corrected chi connectivity index (χ4v) is 1.62. The lowest BCUT2D eigenvalue weighted by molar-refractivity contribution is 0.317. The monoisotopic (exact) mass is 168 g/mol. The highest BCUT2D eigenvalue weighted by Crippen LogP contribution is 2.25. The van der Waals surface area contributed by atoms with Crippen LogP contribution in [0.15, 0.2) is 0 Å². The van der Waals surface area contributed by atoms with Crippen molar-refractivity contribution in [3.63, 3.8) is 0 Å². The predicted octanol–water partition coefficient (Wildman–Crippen LogP) is 1.22. The van der Waals surface area contributed by atoms with Crippen LogP contribution in [-0.2, 0) is 0 Å². The zero-order chi connectivity index (χ0) is 8.39. The smallest absolute Gasteiger partial charge is 0.00933 e. The molecule has 0 aromatic carbocycles. The van der Waals surface area contributed by atoms with Gasteiger partial charge in [-0.1, -0.05) is 0 Å².